The number of benzene rings is 1. The van der Waals surface area contributed by atoms with Gasteiger partial charge in [0.25, 0.3) is 0 Å². The number of nitrogens with zero attached hydrogens (tertiary/aromatic N) is 3. The third-order valence-corrected chi connectivity index (χ3v) is 4.08. The van der Waals surface area contributed by atoms with Crippen LogP contribution in [0.2, 0.25) is 0 Å². The molecule has 0 radical (unpaired) electrons. The van der Waals surface area contributed by atoms with Crippen LogP contribution in [0.1, 0.15) is 33.6 Å². The molecule has 4 nitrogen and oxygen atoms in total. The fourth-order valence-corrected chi connectivity index (χ4v) is 2.80. The predicted molar refractivity (Wildman–Crippen MR) is 88.9 cm³/mol. The molecule has 3 rings (SSSR count). The summed E-state index contributed by atoms with van der Waals surface area (Å²) in [6.07, 6.45) is 2.45. The summed E-state index contributed by atoms with van der Waals surface area (Å²) in [7, 11) is 0. The lowest BCUT2D eigenvalue weighted by Gasteiger charge is -2.30. The summed E-state index contributed by atoms with van der Waals surface area (Å²) in [6.45, 7) is 8.71. The van der Waals surface area contributed by atoms with Gasteiger partial charge in [0.1, 0.15) is 5.82 Å². The Balaban J connectivity index is 1.99. The number of aromatic nitrogens is 2. The minimum absolute atomic E-state index is 0.359. The zero-order valence-corrected chi connectivity index (χ0v) is 13.1. The molecule has 0 amide bonds. The van der Waals surface area contributed by atoms with Gasteiger partial charge in [0, 0.05) is 24.5 Å². The molecule has 2 aromatic rings. The van der Waals surface area contributed by atoms with Gasteiger partial charge in [0.15, 0.2) is 0 Å². The van der Waals surface area contributed by atoms with Gasteiger partial charge in [0.2, 0.25) is 5.95 Å². The molecule has 0 saturated carbocycles. The largest absolute Gasteiger partial charge is 0.367 e. The number of anilines is 2. The van der Waals surface area contributed by atoms with E-state index in [1.54, 1.807) is 0 Å². The number of hydrogen-bond donors (Lipinski definition) is 1. The van der Waals surface area contributed by atoms with Crippen LogP contribution in [0.25, 0.3) is 10.9 Å². The molecule has 0 atom stereocenters. The van der Waals surface area contributed by atoms with Crippen molar-refractivity contribution in [3.8, 4) is 0 Å². The van der Waals surface area contributed by atoms with E-state index in [-0.39, 0.29) is 0 Å². The lowest BCUT2D eigenvalue weighted by atomic mass is 10.00. The Morgan fingerprint density at radius 1 is 1.14 bits per heavy atom. The van der Waals surface area contributed by atoms with Crippen molar-refractivity contribution >= 4 is 22.7 Å². The van der Waals surface area contributed by atoms with E-state index in [4.69, 9.17) is 9.97 Å². The molecule has 112 valence electrons. The number of para-hydroxylation sites is 1. The summed E-state index contributed by atoms with van der Waals surface area (Å²) in [5.41, 5.74) is 1.02. The Hall–Kier alpha value is -1.84. The van der Waals surface area contributed by atoms with Gasteiger partial charge >= 0.3 is 0 Å². The van der Waals surface area contributed by atoms with E-state index in [9.17, 15) is 0 Å². The zero-order valence-electron chi connectivity index (χ0n) is 13.1. The number of fused-ring (bicyclic) bond motifs is 1. The quantitative estimate of drug-likeness (QED) is 0.933. The third-order valence-electron chi connectivity index (χ3n) is 4.08. The van der Waals surface area contributed by atoms with E-state index in [1.165, 1.54) is 12.8 Å². The molecule has 1 aromatic carbocycles. The maximum atomic E-state index is 4.79. The van der Waals surface area contributed by atoms with Gasteiger partial charge in [-0.15, -0.1) is 0 Å². The highest BCUT2D eigenvalue weighted by Crippen LogP contribution is 2.26. The second-order valence-electron chi connectivity index (χ2n) is 6.36. The minimum Gasteiger partial charge on any atom is -0.367 e. The van der Waals surface area contributed by atoms with Crippen LogP contribution in [0.3, 0.4) is 0 Å². The van der Waals surface area contributed by atoms with Crippen LogP contribution >= 0.6 is 0 Å². The zero-order chi connectivity index (χ0) is 14.8. The third kappa shape index (κ3) is 3.09. The highest BCUT2D eigenvalue weighted by atomic mass is 15.3. The molecule has 2 heterocycles. The molecule has 1 saturated heterocycles. The molecule has 1 fully saturated rings. The number of nitrogens with one attached hydrogen (secondary N) is 1. The van der Waals surface area contributed by atoms with E-state index in [1.807, 2.05) is 12.1 Å². The van der Waals surface area contributed by atoms with E-state index >= 15 is 0 Å². The SMILES string of the molecule is CC1CCN(c2nc(NC(C)C)c3ccccc3n2)CC1. The standard InChI is InChI=1S/C17H24N4/c1-12(2)18-16-14-6-4-5-7-15(14)19-17(20-16)21-10-8-13(3)9-11-21/h4-7,12-13H,8-11H2,1-3H3,(H,18,19,20). The summed E-state index contributed by atoms with van der Waals surface area (Å²) in [5.74, 6) is 2.63. The van der Waals surface area contributed by atoms with Gasteiger partial charge in [-0.2, -0.15) is 4.98 Å². The average molecular weight is 284 g/mol. The first-order valence-electron chi connectivity index (χ1n) is 7.92. The average Bonchev–Trinajstić information content (AvgIpc) is 2.47. The maximum absolute atomic E-state index is 4.79. The minimum atomic E-state index is 0.359. The Labute approximate surface area is 126 Å². The summed E-state index contributed by atoms with van der Waals surface area (Å²) in [4.78, 5) is 11.9. The van der Waals surface area contributed by atoms with Crippen molar-refractivity contribution in [3.63, 3.8) is 0 Å². The van der Waals surface area contributed by atoms with Gasteiger partial charge in [-0.25, -0.2) is 4.98 Å². The molecule has 21 heavy (non-hydrogen) atoms. The number of rotatable bonds is 3. The van der Waals surface area contributed by atoms with Gasteiger partial charge in [-0.05, 0) is 44.7 Å². The van der Waals surface area contributed by atoms with Crippen molar-refractivity contribution in [2.75, 3.05) is 23.3 Å². The van der Waals surface area contributed by atoms with Crippen molar-refractivity contribution in [3.05, 3.63) is 24.3 Å². The van der Waals surface area contributed by atoms with Gasteiger partial charge in [0.05, 0.1) is 5.52 Å². The van der Waals surface area contributed by atoms with Crippen LogP contribution in [0.15, 0.2) is 24.3 Å². The summed E-state index contributed by atoms with van der Waals surface area (Å²) >= 11 is 0. The molecule has 0 bridgehead atoms. The van der Waals surface area contributed by atoms with Crippen molar-refractivity contribution < 1.29 is 0 Å². The second kappa shape index (κ2) is 5.88. The molecule has 0 unspecified atom stereocenters. The van der Waals surface area contributed by atoms with E-state index in [0.29, 0.717) is 6.04 Å². The summed E-state index contributed by atoms with van der Waals surface area (Å²) in [5, 5.41) is 4.56. The number of piperidine rings is 1. The Bertz CT molecular complexity index is 615. The lowest BCUT2D eigenvalue weighted by Crippen LogP contribution is -2.34. The lowest BCUT2D eigenvalue weighted by molar-refractivity contribution is 0.435. The molecule has 1 N–H and O–H groups in total. The van der Waals surface area contributed by atoms with Crippen LogP contribution in [0.5, 0.6) is 0 Å². The first kappa shape index (κ1) is 14.1. The topological polar surface area (TPSA) is 41.1 Å². The number of hydrogen-bond acceptors (Lipinski definition) is 4. The molecule has 1 aliphatic heterocycles. The Morgan fingerprint density at radius 3 is 2.57 bits per heavy atom. The molecular weight excluding hydrogens is 260 g/mol. The van der Waals surface area contributed by atoms with Crippen LogP contribution < -0.4 is 10.2 Å². The van der Waals surface area contributed by atoms with Crippen molar-refractivity contribution in [2.45, 2.75) is 39.7 Å². The Morgan fingerprint density at radius 2 is 1.86 bits per heavy atom. The molecule has 4 heteroatoms. The normalized spacial score (nSPS) is 16.7. The fraction of sp³-hybridized carbons (Fsp3) is 0.529. The molecule has 1 aromatic heterocycles. The highest BCUT2D eigenvalue weighted by Gasteiger charge is 2.19. The predicted octanol–water partition coefficient (Wildman–Crippen LogP) is 3.69. The van der Waals surface area contributed by atoms with Crippen LogP contribution in [-0.4, -0.2) is 29.1 Å². The van der Waals surface area contributed by atoms with Crippen LogP contribution in [-0.2, 0) is 0 Å². The second-order valence-corrected chi connectivity index (χ2v) is 6.36. The van der Waals surface area contributed by atoms with Gasteiger partial charge in [-0.3, -0.25) is 0 Å². The highest BCUT2D eigenvalue weighted by molar-refractivity contribution is 5.90. The monoisotopic (exact) mass is 284 g/mol. The van der Waals surface area contributed by atoms with Crippen LogP contribution in [0, 0.1) is 5.92 Å². The summed E-state index contributed by atoms with van der Waals surface area (Å²) in [6, 6.07) is 8.59. The van der Waals surface area contributed by atoms with Gasteiger partial charge in [-0.1, -0.05) is 19.1 Å². The van der Waals surface area contributed by atoms with E-state index in [2.05, 4.69) is 43.1 Å². The van der Waals surface area contributed by atoms with Gasteiger partial charge < -0.3 is 10.2 Å². The first-order chi connectivity index (χ1) is 10.1. The Kier molecular flexibility index (Phi) is 3.95. The van der Waals surface area contributed by atoms with Crippen LogP contribution in [0.4, 0.5) is 11.8 Å². The van der Waals surface area contributed by atoms with Crippen molar-refractivity contribution in [1.82, 2.24) is 9.97 Å². The molecule has 0 spiro atoms. The maximum Gasteiger partial charge on any atom is 0.227 e. The first-order valence-corrected chi connectivity index (χ1v) is 7.92. The molecular formula is C17H24N4. The van der Waals surface area contributed by atoms with E-state index in [0.717, 1.165) is 41.7 Å². The molecule has 0 aliphatic carbocycles. The molecule has 1 aliphatic rings. The van der Waals surface area contributed by atoms with Crippen molar-refractivity contribution in [2.24, 2.45) is 5.92 Å². The smallest absolute Gasteiger partial charge is 0.227 e. The fourth-order valence-electron chi connectivity index (χ4n) is 2.80. The van der Waals surface area contributed by atoms with E-state index < -0.39 is 0 Å². The van der Waals surface area contributed by atoms with Crippen molar-refractivity contribution in [1.29, 1.82) is 0 Å². The summed E-state index contributed by atoms with van der Waals surface area (Å²) < 4.78 is 0.